The molecule has 1 rings (SSSR count). The lowest BCUT2D eigenvalue weighted by atomic mass is 10.3. The molecule has 0 saturated heterocycles. The van der Waals surface area contributed by atoms with E-state index in [-0.39, 0.29) is 0 Å². The maximum atomic E-state index is 5.32. The van der Waals surface area contributed by atoms with Crippen molar-refractivity contribution in [1.29, 1.82) is 0 Å². The maximum absolute atomic E-state index is 5.32. The van der Waals surface area contributed by atoms with Gasteiger partial charge in [0, 0.05) is 37.7 Å². The van der Waals surface area contributed by atoms with Crippen LogP contribution in [0.15, 0.2) is 20.9 Å². The van der Waals surface area contributed by atoms with Crippen LogP contribution in [-0.2, 0) is 11.2 Å². The highest BCUT2D eigenvalue weighted by molar-refractivity contribution is 9.11. The van der Waals surface area contributed by atoms with Crippen LogP contribution >= 0.6 is 27.3 Å². The topological polar surface area (TPSA) is 45.7 Å². The molecule has 6 heteroatoms. The van der Waals surface area contributed by atoms with Crippen LogP contribution in [0.4, 0.5) is 0 Å². The number of nitrogens with one attached hydrogen (secondary N) is 2. The van der Waals surface area contributed by atoms with Gasteiger partial charge in [-0.05, 0) is 61.2 Å². The summed E-state index contributed by atoms with van der Waals surface area (Å²) in [6, 6.07) is 4.26. The highest BCUT2D eigenvalue weighted by Gasteiger charge is 2.00. The first-order valence-electron chi connectivity index (χ1n) is 7.60. The van der Waals surface area contributed by atoms with Crippen LogP contribution in [0.25, 0.3) is 0 Å². The molecule has 1 heterocycles. The Morgan fingerprint density at radius 1 is 1.29 bits per heavy atom. The van der Waals surface area contributed by atoms with E-state index < -0.39 is 0 Å². The number of hydrogen-bond acceptors (Lipinski definition) is 3. The third-order valence-electron chi connectivity index (χ3n) is 2.81. The van der Waals surface area contributed by atoms with E-state index >= 15 is 0 Å². The van der Waals surface area contributed by atoms with Crippen LogP contribution < -0.4 is 10.6 Å². The summed E-state index contributed by atoms with van der Waals surface area (Å²) in [5.41, 5.74) is 0. The first kappa shape index (κ1) is 18.5. The monoisotopic (exact) mass is 375 g/mol. The van der Waals surface area contributed by atoms with E-state index in [0.717, 1.165) is 58.1 Å². The summed E-state index contributed by atoms with van der Waals surface area (Å²) in [4.78, 5) is 5.96. The summed E-state index contributed by atoms with van der Waals surface area (Å²) in [6.45, 7) is 8.37. The van der Waals surface area contributed by atoms with E-state index in [1.807, 2.05) is 6.92 Å². The number of guanidine groups is 1. The van der Waals surface area contributed by atoms with Gasteiger partial charge in [-0.3, -0.25) is 4.99 Å². The first-order valence-corrected chi connectivity index (χ1v) is 9.21. The van der Waals surface area contributed by atoms with Crippen molar-refractivity contribution in [1.82, 2.24) is 10.6 Å². The molecule has 0 radical (unpaired) electrons. The van der Waals surface area contributed by atoms with Crippen LogP contribution in [0.5, 0.6) is 0 Å². The first-order chi connectivity index (χ1) is 10.3. The normalized spacial score (nSPS) is 11.7. The van der Waals surface area contributed by atoms with Gasteiger partial charge < -0.3 is 15.4 Å². The summed E-state index contributed by atoms with van der Waals surface area (Å²) >= 11 is 5.27. The van der Waals surface area contributed by atoms with Crippen LogP contribution in [0.2, 0.25) is 0 Å². The van der Waals surface area contributed by atoms with Crippen molar-refractivity contribution in [2.24, 2.45) is 4.99 Å². The van der Waals surface area contributed by atoms with E-state index in [9.17, 15) is 0 Å². The molecule has 0 aliphatic rings. The second-order valence-corrected chi connectivity index (χ2v) is 7.09. The number of hydrogen-bond donors (Lipinski definition) is 2. The molecule has 0 spiro atoms. The van der Waals surface area contributed by atoms with Gasteiger partial charge in [0.1, 0.15) is 0 Å². The van der Waals surface area contributed by atoms with Crippen molar-refractivity contribution < 1.29 is 4.74 Å². The van der Waals surface area contributed by atoms with Crippen molar-refractivity contribution >= 4 is 33.2 Å². The van der Waals surface area contributed by atoms with Crippen molar-refractivity contribution in [3.8, 4) is 0 Å². The van der Waals surface area contributed by atoms with Gasteiger partial charge in [-0.2, -0.15) is 0 Å². The van der Waals surface area contributed by atoms with Crippen LogP contribution in [0.3, 0.4) is 0 Å². The predicted molar refractivity (Wildman–Crippen MR) is 95.4 cm³/mol. The molecule has 0 atom stereocenters. The fourth-order valence-corrected chi connectivity index (χ4v) is 3.27. The van der Waals surface area contributed by atoms with Gasteiger partial charge in [-0.25, -0.2) is 0 Å². The maximum Gasteiger partial charge on any atom is 0.191 e. The average molecular weight is 376 g/mol. The Kier molecular flexibility index (Phi) is 10.6. The molecule has 0 aromatic carbocycles. The smallest absolute Gasteiger partial charge is 0.191 e. The molecule has 1 aromatic rings. The van der Waals surface area contributed by atoms with Gasteiger partial charge in [0.05, 0.1) is 3.79 Å². The fraction of sp³-hybridized carbons (Fsp3) is 0.667. The third-order valence-corrected chi connectivity index (χ3v) is 4.49. The van der Waals surface area contributed by atoms with Crippen molar-refractivity contribution in [2.75, 3.05) is 32.8 Å². The molecule has 0 bridgehead atoms. The zero-order chi connectivity index (χ0) is 15.3. The summed E-state index contributed by atoms with van der Waals surface area (Å²) in [5, 5.41) is 6.66. The Bertz CT molecular complexity index is 409. The second kappa shape index (κ2) is 12.0. The van der Waals surface area contributed by atoms with E-state index in [0.29, 0.717) is 0 Å². The summed E-state index contributed by atoms with van der Waals surface area (Å²) in [5.74, 6) is 0.907. The highest BCUT2D eigenvalue weighted by atomic mass is 79.9. The molecule has 0 unspecified atom stereocenters. The number of halogens is 1. The lowest BCUT2D eigenvalue weighted by molar-refractivity contribution is 0.144. The Morgan fingerprint density at radius 2 is 2.14 bits per heavy atom. The van der Waals surface area contributed by atoms with Gasteiger partial charge in [0.2, 0.25) is 0 Å². The van der Waals surface area contributed by atoms with Crippen molar-refractivity contribution in [3.05, 3.63) is 20.8 Å². The van der Waals surface area contributed by atoms with Crippen molar-refractivity contribution in [2.45, 2.75) is 33.1 Å². The number of aliphatic imine (C=N–C) groups is 1. The number of nitrogens with zero attached hydrogens (tertiary/aromatic N) is 1. The number of unbranched alkanes of at least 4 members (excludes halogenated alkanes) is 1. The molecule has 120 valence electrons. The summed E-state index contributed by atoms with van der Waals surface area (Å²) in [7, 11) is 0. The third kappa shape index (κ3) is 9.11. The lowest BCUT2D eigenvalue weighted by Gasteiger charge is -2.10. The zero-order valence-electron chi connectivity index (χ0n) is 13.0. The number of ether oxygens (including phenoxy) is 1. The molecule has 0 saturated carbocycles. The Labute approximate surface area is 140 Å². The summed E-state index contributed by atoms with van der Waals surface area (Å²) < 4.78 is 6.51. The number of thiophene rings is 1. The van der Waals surface area contributed by atoms with Crippen LogP contribution in [0, 0.1) is 0 Å². The minimum Gasteiger partial charge on any atom is -0.382 e. The van der Waals surface area contributed by atoms with Crippen LogP contribution in [0.1, 0.15) is 31.6 Å². The Balaban J connectivity index is 2.21. The molecule has 0 aliphatic heterocycles. The quantitative estimate of drug-likeness (QED) is 0.374. The molecule has 0 fully saturated rings. The van der Waals surface area contributed by atoms with E-state index in [4.69, 9.17) is 4.74 Å². The lowest BCUT2D eigenvalue weighted by Crippen LogP contribution is -2.38. The van der Waals surface area contributed by atoms with Gasteiger partial charge in [-0.1, -0.05) is 0 Å². The molecular weight excluding hydrogens is 350 g/mol. The van der Waals surface area contributed by atoms with E-state index in [1.54, 1.807) is 11.3 Å². The van der Waals surface area contributed by atoms with Gasteiger partial charge >= 0.3 is 0 Å². The highest BCUT2D eigenvalue weighted by Crippen LogP contribution is 2.21. The molecular formula is C15H26BrN3OS. The largest absolute Gasteiger partial charge is 0.382 e. The molecule has 21 heavy (non-hydrogen) atoms. The Hall–Kier alpha value is -0.590. The Morgan fingerprint density at radius 3 is 2.81 bits per heavy atom. The van der Waals surface area contributed by atoms with Crippen LogP contribution in [-0.4, -0.2) is 38.8 Å². The minimum absolute atomic E-state index is 0.798. The molecule has 2 N–H and O–H groups in total. The molecule has 1 aromatic heterocycles. The van der Waals surface area contributed by atoms with E-state index in [2.05, 4.69) is 50.6 Å². The standard InChI is InChI=1S/C15H26BrN3OS/c1-3-17-15(18-10-5-6-12-20-4-2)19-11-9-13-7-8-14(16)21-13/h7-8H,3-6,9-12H2,1-2H3,(H2,17,18,19). The number of rotatable bonds is 10. The molecule has 0 amide bonds. The van der Waals surface area contributed by atoms with Gasteiger partial charge in [0.15, 0.2) is 5.96 Å². The zero-order valence-corrected chi connectivity index (χ0v) is 15.4. The summed E-state index contributed by atoms with van der Waals surface area (Å²) in [6.07, 6.45) is 3.15. The minimum atomic E-state index is 0.798. The fourth-order valence-electron chi connectivity index (χ4n) is 1.78. The average Bonchev–Trinajstić information content (AvgIpc) is 2.88. The predicted octanol–water partition coefficient (Wildman–Crippen LogP) is 3.42. The van der Waals surface area contributed by atoms with Gasteiger partial charge in [-0.15, -0.1) is 11.3 Å². The van der Waals surface area contributed by atoms with Crippen molar-refractivity contribution in [3.63, 3.8) is 0 Å². The SMILES string of the molecule is CCNC(=NCCCCOCC)NCCc1ccc(Br)s1. The molecule has 0 aliphatic carbocycles. The second-order valence-electron chi connectivity index (χ2n) is 4.55. The van der Waals surface area contributed by atoms with Gasteiger partial charge in [0.25, 0.3) is 0 Å². The van der Waals surface area contributed by atoms with E-state index in [1.165, 1.54) is 8.66 Å². The molecule has 4 nitrogen and oxygen atoms in total.